The molecule has 3 aromatic rings. The number of rotatable bonds is 4. The molecule has 0 saturated carbocycles. The van der Waals surface area contributed by atoms with E-state index >= 15 is 0 Å². The number of fused-ring (bicyclic) bond motifs is 1. The summed E-state index contributed by atoms with van der Waals surface area (Å²) in [5, 5.41) is 0.905. The lowest BCUT2D eigenvalue weighted by Crippen LogP contribution is -2.27. The fraction of sp³-hybridized carbons (Fsp3) is 0.158. The number of aromatic nitrogens is 1. The van der Waals surface area contributed by atoms with E-state index in [2.05, 4.69) is 4.98 Å². The fourth-order valence-electron chi connectivity index (χ4n) is 2.28. The molecule has 3 rings (SSSR count). The topological polar surface area (TPSA) is 33.2 Å². The van der Waals surface area contributed by atoms with Gasteiger partial charge in [-0.05, 0) is 42.8 Å². The molecule has 1 heterocycles. The van der Waals surface area contributed by atoms with Crippen LogP contribution in [0, 0.1) is 5.82 Å². The Kier molecular flexibility index (Phi) is 4.71. The lowest BCUT2D eigenvalue weighted by molar-refractivity contribution is -0.126. The van der Waals surface area contributed by atoms with Crippen LogP contribution in [-0.4, -0.2) is 22.8 Å². The molecule has 0 unspecified atom stereocenters. The Morgan fingerprint density at radius 3 is 2.62 bits per heavy atom. The molecule has 0 saturated heterocycles. The van der Waals surface area contributed by atoms with E-state index in [9.17, 15) is 9.18 Å². The average Bonchev–Trinajstić information content (AvgIpc) is 3.03. The van der Waals surface area contributed by atoms with Gasteiger partial charge in [-0.25, -0.2) is 9.37 Å². The number of hydrogen-bond donors (Lipinski definition) is 0. The molecule has 1 aromatic heterocycles. The molecular formula is C19H17FN2OS. The van der Waals surface area contributed by atoms with Crippen LogP contribution in [0.25, 0.3) is 16.3 Å². The van der Waals surface area contributed by atoms with Crippen LogP contribution in [0.4, 0.5) is 4.39 Å². The molecule has 0 spiro atoms. The van der Waals surface area contributed by atoms with Crippen molar-refractivity contribution < 1.29 is 9.18 Å². The highest BCUT2D eigenvalue weighted by Gasteiger charge is 2.19. The van der Waals surface area contributed by atoms with Gasteiger partial charge in [0.05, 0.1) is 16.3 Å². The third-order valence-electron chi connectivity index (χ3n) is 3.88. The third kappa shape index (κ3) is 3.51. The zero-order valence-electron chi connectivity index (χ0n) is 13.4. The van der Waals surface area contributed by atoms with Crippen molar-refractivity contribution >= 4 is 33.5 Å². The summed E-state index contributed by atoms with van der Waals surface area (Å²) in [5.41, 5.74) is 1.73. The standard InChI is InChI=1S/C19H17FN2OS/c1-13(19-21-16-5-3-4-6-17(16)24-19)22(2)18(23)12-9-14-7-10-15(20)11-8-14/h3-13H,1-2H3/b12-9+/t13-/m0/s1. The van der Waals surface area contributed by atoms with E-state index in [1.54, 1.807) is 41.5 Å². The summed E-state index contributed by atoms with van der Waals surface area (Å²) in [4.78, 5) is 18.6. The van der Waals surface area contributed by atoms with Crippen LogP contribution in [0.15, 0.2) is 54.6 Å². The Balaban J connectivity index is 1.73. The Hall–Kier alpha value is -2.53. The predicted molar refractivity (Wildman–Crippen MR) is 96.2 cm³/mol. The number of thiazole rings is 1. The van der Waals surface area contributed by atoms with Crippen LogP contribution in [0.5, 0.6) is 0 Å². The number of hydrogen-bond acceptors (Lipinski definition) is 3. The summed E-state index contributed by atoms with van der Waals surface area (Å²) < 4.78 is 14.0. The van der Waals surface area contributed by atoms with Crippen molar-refractivity contribution in [3.63, 3.8) is 0 Å². The molecule has 0 fully saturated rings. The Morgan fingerprint density at radius 2 is 1.92 bits per heavy atom. The number of benzene rings is 2. The average molecular weight is 340 g/mol. The van der Waals surface area contributed by atoms with Gasteiger partial charge >= 0.3 is 0 Å². The summed E-state index contributed by atoms with van der Waals surface area (Å²) in [6.07, 6.45) is 3.18. The van der Waals surface area contributed by atoms with Crippen molar-refractivity contribution in [2.24, 2.45) is 0 Å². The van der Waals surface area contributed by atoms with Gasteiger partial charge in [0, 0.05) is 13.1 Å². The van der Waals surface area contributed by atoms with Crippen LogP contribution >= 0.6 is 11.3 Å². The van der Waals surface area contributed by atoms with Crippen LogP contribution in [0.3, 0.4) is 0 Å². The second kappa shape index (κ2) is 6.93. The molecule has 24 heavy (non-hydrogen) atoms. The first-order valence-electron chi connectivity index (χ1n) is 7.60. The van der Waals surface area contributed by atoms with Gasteiger partial charge in [-0.15, -0.1) is 11.3 Å². The van der Waals surface area contributed by atoms with Gasteiger partial charge in [-0.2, -0.15) is 0 Å². The summed E-state index contributed by atoms with van der Waals surface area (Å²) >= 11 is 1.60. The van der Waals surface area contributed by atoms with E-state index in [-0.39, 0.29) is 17.8 Å². The summed E-state index contributed by atoms with van der Waals surface area (Å²) in [6.45, 7) is 1.96. The molecule has 0 aliphatic rings. The molecule has 122 valence electrons. The van der Waals surface area contributed by atoms with Crippen molar-refractivity contribution in [3.05, 3.63) is 71.0 Å². The largest absolute Gasteiger partial charge is 0.333 e. The zero-order valence-corrected chi connectivity index (χ0v) is 14.3. The monoisotopic (exact) mass is 340 g/mol. The smallest absolute Gasteiger partial charge is 0.246 e. The van der Waals surface area contributed by atoms with E-state index in [0.29, 0.717) is 0 Å². The summed E-state index contributed by atoms with van der Waals surface area (Å²) in [5.74, 6) is -0.411. The quantitative estimate of drug-likeness (QED) is 0.647. The van der Waals surface area contributed by atoms with E-state index in [1.807, 2.05) is 31.2 Å². The first-order chi connectivity index (χ1) is 11.5. The molecule has 0 bridgehead atoms. The number of carbonyl (C=O) groups is 1. The predicted octanol–water partition coefficient (Wildman–Crippen LogP) is 4.67. The minimum Gasteiger partial charge on any atom is -0.333 e. The van der Waals surface area contributed by atoms with Crippen LogP contribution in [-0.2, 0) is 4.79 Å². The molecule has 2 aromatic carbocycles. The number of halogens is 1. The highest BCUT2D eigenvalue weighted by atomic mass is 32.1. The summed E-state index contributed by atoms with van der Waals surface area (Å²) in [6, 6.07) is 13.8. The minimum absolute atomic E-state index is 0.118. The lowest BCUT2D eigenvalue weighted by atomic mass is 10.2. The van der Waals surface area contributed by atoms with Gasteiger partial charge in [-0.3, -0.25) is 4.79 Å². The first kappa shape index (κ1) is 16.3. The number of likely N-dealkylation sites (N-methyl/N-ethyl adjacent to an activating group) is 1. The van der Waals surface area contributed by atoms with Crippen molar-refractivity contribution in [3.8, 4) is 0 Å². The maximum absolute atomic E-state index is 12.9. The Bertz CT molecular complexity index is 853. The van der Waals surface area contributed by atoms with Gasteiger partial charge in [0.25, 0.3) is 0 Å². The molecule has 1 amide bonds. The molecule has 3 nitrogen and oxygen atoms in total. The highest BCUT2D eigenvalue weighted by Crippen LogP contribution is 2.28. The van der Waals surface area contributed by atoms with E-state index in [1.165, 1.54) is 18.2 Å². The molecule has 0 N–H and O–H groups in total. The zero-order chi connectivity index (χ0) is 17.1. The molecule has 0 radical (unpaired) electrons. The van der Waals surface area contributed by atoms with Crippen LogP contribution < -0.4 is 0 Å². The highest BCUT2D eigenvalue weighted by molar-refractivity contribution is 7.18. The van der Waals surface area contributed by atoms with Gasteiger partial charge < -0.3 is 4.90 Å². The number of amides is 1. The number of carbonyl (C=O) groups excluding carboxylic acids is 1. The Morgan fingerprint density at radius 1 is 1.21 bits per heavy atom. The normalized spacial score (nSPS) is 12.6. The van der Waals surface area contributed by atoms with Gasteiger partial charge in [0.15, 0.2) is 0 Å². The van der Waals surface area contributed by atoms with Crippen LogP contribution in [0.2, 0.25) is 0 Å². The molecule has 1 atom stereocenters. The Labute approximate surface area is 144 Å². The second-order valence-corrected chi connectivity index (χ2v) is 6.59. The van der Waals surface area contributed by atoms with E-state index < -0.39 is 0 Å². The third-order valence-corrected chi connectivity index (χ3v) is 5.09. The van der Waals surface area contributed by atoms with Gasteiger partial charge in [0.2, 0.25) is 5.91 Å². The van der Waals surface area contributed by atoms with Gasteiger partial charge in [0.1, 0.15) is 10.8 Å². The maximum Gasteiger partial charge on any atom is 0.246 e. The van der Waals surface area contributed by atoms with Crippen LogP contribution in [0.1, 0.15) is 23.5 Å². The van der Waals surface area contributed by atoms with E-state index in [0.717, 1.165) is 20.8 Å². The minimum atomic E-state index is -0.292. The number of nitrogens with zero attached hydrogens (tertiary/aromatic N) is 2. The second-order valence-electron chi connectivity index (χ2n) is 5.53. The molecule has 0 aliphatic heterocycles. The maximum atomic E-state index is 12.9. The first-order valence-corrected chi connectivity index (χ1v) is 8.42. The van der Waals surface area contributed by atoms with Crippen molar-refractivity contribution in [1.82, 2.24) is 9.88 Å². The van der Waals surface area contributed by atoms with Crippen molar-refractivity contribution in [2.75, 3.05) is 7.05 Å². The summed E-state index contributed by atoms with van der Waals surface area (Å²) in [7, 11) is 1.76. The molecule has 0 aliphatic carbocycles. The fourth-order valence-corrected chi connectivity index (χ4v) is 3.35. The van der Waals surface area contributed by atoms with Crippen molar-refractivity contribution in [2.45, 2.75) is 13.0 Å². The molecular weight excluding hydrogens is 323 g/mol. The lowest BCUT2D eigenvalue weighted by Gasteiger charge is -2.21. The molecule has 5 heteroatoms. The SMILES string of the molecule is C[C@@H](c1nc2ccccc2s1)N(C)C(=O)/C=C/c1ccc(F)cc1. The van der Waals surface area contributed by atoms with Crippen molar-refractivity contribution in [1.29, 1.82) is 0 Å². The van der Waals surface area contributed by atoms with E-state index in [4.69, 9.17) is 0 Å². The number of para-hydroxylation sites is 1. The van der Waals surface area contributed by atoms with Gasteiger partial charge in [-0.1, -0.05) is 24.3 Å².